The average molecular weight is 470 g/mol. The van der Waals surface area contributed by atoms with E-state index in [4.69, 9.17) is 0 Å². The lowest BCUT2D eigenvalue weighted by atomic mass is 9.86. The van der Waals surface area contributed by atoms with Gasteiger partial charge >= 0.3 is 0 Å². The lowest BCUT2D eigenvalue weighted by Gasteiger charge is -2.31. The van der Waals surface area contributed by atoms with E-state index in [1.807, 2.05) is 45.9 Å². The smallest absolute Gasteiger partial charge is 0.243 e. The number of amides is 2. The number of rotatable bonds is 4. The molecule has 0 aliphatic carbocycles. The van der Waals surface area contributed by atoms with Gasteiger partial charge in [0.1, 0.15) is 0 Å². The van der Waals surface area contributed by atoms with Crippen LogP contribution in [0.3, 0.4) is 0 Å². The van der Waals surface area contributed by atoms with Gasteiger partial charge in [-0.15, -0.1) is 0 Å². The molecule has 0 radical (unpaired) electrons. The number of carbonyl (C=O) groups is 2. The molecule has 2 aromatic rings. The summed E-state index contributed by atoms with van der Waals surface area (Å²) in [6, 6.07) is 10.6. The van der Waals surface area contributed by atoms with Gasteiger partial charge in [-0.1, -0.05) is 12.1 Å². The predicted octanol–water partition coefficient (Wildman–Crippen LogP) is 3.60. The molecule has 33 heavy (non-hydrogen) atoms. The van der Waals surface area contributed by atoms with Crippen LogP contribution in [0.15, 0.2) is 41.3 Å². The van der Waals surface area contributed by atoms with E-state index < -0.39 is 21.4 Å². The van der Waals surface area contributed by atoms with Crippen LogP contribution in [0.1, 0.15) is 43.4 Å². The maximum Gasteiger partial charge on any atom is 0.243 e. The first kappa shape index (κ1) is 23.4. The van der Waals surface area contributed by atoms with Crippen LogP contribution in [-0.4, -0.2) is 44.7 Å². The van der Waals surface area contributed by atoms with E-state index in [1.165, 1.54) is 4.31 Å². The van der Waals surface area contributed by atoms with Crippen molar-refractivity contribution in [3.8, 4) is 0 Å². The van der Waals surface area contributed by atoms with E-state index in [0.29, 0.717) is 24.9 Å². The Balaban J connectivity index is 1.56. The molecule has 8 heteroatoms. The van der Waals surface area contributed by atoms with Crippen LogP contribution in [0.2, 0.25) is 0 Å². The molecule has 0 aromatic heterocycles. The van der Waals surface area contributed by atoms with Crippen molar-refractivity contribution < 1.29 is 18.0 Å². The van der Waals surface area contributed by atoms with E-state index in [9.17, 15) is 18.0 Å². The van der Waals surface area contributed by atoms with Crippen LogP contribution < -0.4 is 10.2 Å². The van der Waals surface area contributed by atoms with Gasteiger partial charge in [0.2, 0.25) is 21.8 Å². The largest absolute Gasteiger partial charge is 0.326 e. The zero-order chi connectivity index (χ0) is 24.1. The quantitative estimate of drug-likeness (QED) is 0.741. The van der Waals surface area contributed by atoms with E-state index in [2.05, 4.69) is 5.32 Å². The number of hydrogen-bond donors (Lipinski definition) is 1. The van der Waals surface area contributed by atoms with E-state index in [0.717, 1.165) is 22.5 Å². The highest BCUT2D eigenvalue weighted by atomic mass is 32.2. The lowest BCUT2D eigenvalue weighted by Crippen LogP contribution is -2.43. The number of anilines is 2. The molecule has 2 amide bonds. The maximum absolute atomic E-state index is 13.5. The van der Waals surface area contributed by atoms with Crippen LogP contribution in [0.5, 0.6) is 0 Å². The molecule has 0 spiro atoms. The van der Waals surface area contributed by atoms with Crippen LogP contribution in [0.25, 0.3) is 0 Å². The summed E-state index contributed by atoms with van der Waals surface area (Å²) in [6.07, 6.45) is 1.25. The van der Waals surface area contributed by atoms with Gasteiger partial charge in [0.25, 0.3) is 0 Å². The molecular formula is C25H31N3O4S. The minimum absolute atomic E-state index is 0.0619. The summed E-state index contributed by atoms with van der Waals surface area (Å²) in [5, 5.41) is 2.98. The molecule has 1 atom stereocenters. The number of benzene rings is 2. The van der Waals surface area contributed by atoms with Crippen molar-refractivity contribution in [2.24, 2.45) is 5.92 Å². The summed E-state index contributed by atoms with van der Waals surface area (Å²) < 4.78 is 28.4. The summed E-state index contributed by atoms with van der Waals surface area (Å²) in [5.74, 6) is -0.647. The van der Waals surface area contributed by atoms with E-state index in [1.54, 1.807) is 30.1 Å². The molecule has 0 unspecified atom stereocenters. The standard InChI is InChI=1S/C25H31N3O4S/c1-16-8-6-10-21(17(16)2)26-23(29)18-9-7-13-28(15-18)33(31,32)19-11-12-22-20(14-19)25(3,4)24(30)27(22)5/h6,8,10-12,14,18H,7,9,13,15H2,1-5H3,(H,26,29)/t18-/m0/s1. The second-order valence-corrected chi connectivity index (χ2v) is 11.5. The van der Waals surface area contributed by atoms with E-state index >= 15 is 0 Å². The second-order valence-electron chi connectivity index (χ2n) is 9.61. The number of nitrogens with one attached hydrogen (secondary N) is 1. The van der Waals surface area contributed by atoms with Crippen molar-refractivity contribution >= 4 is 33.2 Å². The van der Waals surface area contributed by atoms with Gasteiger partial charge in [0.15, 0.2) is 0 Å². The average Bonchev–Trinajstić information content (AvgIpc) is 2.96. The zero-order valence-electron chi connectivity index (χ0n) is 19.8. The maximum atomic E-state index is 13.5. The number of aryl methyl sites for hydroxylation is 1. The molecule has 2 heterocycles. The Morgan fingerprint density at radius 2 is 1.88 bits per heavy atom. The van der Waals surface area contributed by atoms with Gasteiger partial charge in [-0.3, -0.25) is 9.59 Å². The number of fused-ring (bicyclic) bond motifs is 1. The minimum Gasteiger partial charge on any atom is -0.326 e. The third-order valence-electron chi connectivity index (χ3n) is 7.10. The Bertz CT molecular complexity index is 1240. The van der Waals surface area contributed by atoms with Gasteiger partial charge in [-0.05, 0) is 81.5 Å². The Labute approximate surface area is 195 Å². The van der Waals surface area contributed by atoms with Crippen LogP contribution in [0.4, 0.5) is 11.4 Å². The van der Waals surface area contributed by atoms with Gasteiger partial charge in [0, 0.05) is 31.5 Å². The third-order valence-corrected chi connectivity index (χ3v) is 8.96. The van der Waals surface area contributed by atoms with Crippen LogP contribution >= 0.6 is 0 Å². The first-order valence-electron chi connectivity index (χ1n) is 11.2. The summed E-state index contributed by atoms with van der Waals surface area (Å²) in [5.41, 5.74) is 3.50. The number of carbonyl (C=O) groups excluding carboxylic acids is 2. The highest BCUT2D eigenvalue weighted by Gasteiger charge is 2.43. The van der Waals surface area contributed by atoms with Crippen molar-refractivity contribution in [3.05, 3.63) is 53.1 Å². The normalized spacial score (nSPS) is 20.6. The number of hydrogen-bond acceptors (Lipinski definition) is 4. The summed E-state index contributed by atoms with van der Waals surface area (Å²) in [4.78, 5) is 27.3. The van der Waals surface area contributed by atoms with Gasteiger partial charge < -0.3 is 10.2 Å². The Morgan fingerprint density at radius 3 is 2.61 bits per heavy atom. The fourth-order valence-corrected chi connectivity index (χ4v) is 6.31. The molecule has 2 aliphatic rings. The van der Waals surface area contributed by atoms with E-state index in [-0.39, 0.29) is 23.3 Å². The van der Waals surface area contributed by atoms with Crippen molar-refractivity contribution in [3.63, 3.8) is 0 Å². The molecule has 1 N–H and O–H groups in total. The minimum atomic E-state index is -3.80. The highest BCUT2D eigenvalue weighted by molar-refractivity contribution is 7.89. The molecule has 1 saturated heterocycles. The Kier molecular flexibility index (Phi) is 5.87. The first-order chi connectivity index (χ1) is 15.4. The fourth-order valence-electron chi connectivity index (χ4n) is 4.76. The number of piperidine rings is 1. The van der Waals surface area contributed by atoms with Crippen molar-refractivity contribution in [1.82, 2.24) is 4.31 Å². The second kappa shape index (κ2) is 8.25. The summed E-state index contributed by atoms with van der Waals surface area (Å²) in [6.45, 7) is 8.07. The summed E-state index contributed by atoms with van der Waals surface area (Å²) >= 11 is 0. The van der Waals surface area contributed by atoms with Gasteiger partial charge in [-0.2, -0.15) is 4.31 Å². The molecule has 0 bridgehead atoms. The van der Waals surface area contributed by atoms with Crippen LogP contribution in [0, 0.1) is 19.8 Å². The lowest BCUT2D eigenvalue weighted by molar-refractivity contribution is -0.122. The van der Waals surface area contributed by atoms with Crippen LogP contribution in [-0.2, 0) is 25.0 Å². The molecule has 2 aliphatic heterocycles. The number of likely N-dealkylation sites (N-methyl/N-ethyl adjacent to an activating group) is 1. The molecule has 7 nitrogen and oxygen atoms in total. The monoisotopic (exact) mass is 469 g/mol. The van der Waals surface area contributed by atoms with Crippen molar-refractivity contribution in [1.29, 1.82) is 0 Å². The fraction of sp³-hybridized carbons (Fsp3) is 0.440. The predicted molar refractivity (Wildman–Crippen MR) is 129 cm³/mol. The molecule has 176 valence electrons. The Morgan fingerprint density at radius 1 is 1.15 bits per heavy atom. The topological polar surface area (TPSA) is 86.8 Å². The molecule has 1 fully saturated rings. The SMILES string of the molecule is Cc1cccc(NC(=O)[C@H]2CCCN(S(=O)(=O)c3ccc4c(c3)C(C)(C)C(=O)N4C)C2)c1C. The number of nitrogens with zero attached hydrogens (tertiary/aromatic N) is 2. The molecular weight excluding hydrogens is 438 g/mol. The molecule has 0 saturated carbocycles. The Hall–Kier alpha value is -2.71. The van der Waals surface area contributed by atoms with Gasteiger partial charge in [-0.25, -0.2) is 8.42 Å². The highest BCUT2D eigenvalue weighted by Crippen LogP contribution is 2.42. The molecule has 4 rings (SSSR count). The van der Waals surface area contributed by atoms with Gasteiger partial charge in [0.05, 0.1) is 16.2 Å². The van der Waals surface area contributed by atoms with Crippen molar-refractivity contribution in [2.45, 2.75) is 50.8 Å². The first-order valence-corrected chi connectivity index (χ1v) is 12.7. The van der Waals surface area contributed by atoms with Crippen molar-refractivity contribution in [2.75, 3.05) is 30.4 Å². The summed E-state index contributed by atoms with van der Waals surface area (Å²) in [7, 11) is -2.10. The number of sulfonamides is 1. The molecule has 2 aromatic carbocycles. The third kappa shape index (κ3) is 3.95. The zero-order valence-corrected chi connectivity index (χ0v) is 20.6.